The average molecular weight is 181 g/mol. The first-order valence-corrected chi connectivity index (χ1v) is 4.17. The second-order valence-electron chi connectivity index (χ2n) is 2.87. The third-order valence-corrected chi connectivity index (χ3v) is 1.81. The van der Waals surface area contributed by atoms with Gasteiger partial charge in [-0.2, -0.15) is 4.98 Å². The van der Waals surface area contributed by atoms with Gasteiger partial charge in [-0.25, -0.2) is 4.98 Å². The average Bonchev–Trinajstić information content (AvgIpc) is 2.57. The second kappa shape index (κ2) is 3.57. The predicted molar refractivity (Wildman–Crippen MR) is 46.3 cm³/mol. The molecule has 0 bridgehead atoms. The molecule has 1 fully saturated rings. The smallest absolute Gasteiger partial charge is 0.318 e. The largest absolute Gasteiger partial charge is 0.458 e. The number of nitrogen functional groups attached to an aromatic ring is 1. The van der Waals surface area contributed by atoms with Gasteiger partial charge in [-0.3, -0.25) is 0 Å². The van der Waals surface area contributed by atoms with Crippen LogP contribution in [0, 0.1) is 0 Å². The summed E-state index contributed by atoms with van der Waals surface area (Å²) in [7, 11) is 0. The van der Waals surface area contributed by atoms with Crippen LogP contribution in [0.4, 0.5) is 5.82 Å². The minimum absolute atomic E-state index is 0.0711. The number of aromatic nitrogens is 2. The van der Waals surface area contributed by atoms with Crippen LogP contribution >= 0.6 is 0 Å². The van der Waals surface area contributed by atoms with E-state index in [1.54, 1.807) is 12.3 Å². The summed E-state index contributed by atoms with van der Waals surface area (Å²) in [5.74, 6) is 0.420. The lowest BCUT2D eigenvalue weighted by Crippen LogP contribution is -2.17. The molecule has 1 aromatic heterocycles. The number of rotatable bonds is 2. The van der Waals surface area contributed by atoms with Gasteiger partial charge < -0.3 is 15.2 Å². The van der Waals surface area contributed by atoms with Crippen molar-refractivity contribution in [3.05, 3.63) is 12.3 Å². The third-order valence-electron chi connectivity index (χ3n) is 1.81. The van der Waals surface area contributed by atoms with Crippen molar-refractivity contribution in [2.24, 2.45) is 0 Å². The fourth-order valence-electron chi connectivity index (χ4n) is 1.17. The van der Waals surface area contributed by atoms with Crippen molar-refractivity contribution in [3.8, 4) is 6.01 Å². The summed E-state index contributed by atoms with van der Waals surface area (Å²) < 4.78 is 10.6. The van der Waals surface area contributed by atoms with E-state index in [1.807, 2.05) is 0 Å². The van der Waals surface area contributed by atoms with Crippen LogP contribution in [0.1, 0.15) is 6.42 Å². The van der Waals surface area contributed by atoms with Gasteiger partial charge in [0.25, 0.3) is 0 Å². The zero-order valence-corrected chi connectivity index (χ0v) is 7.14. The first-order chi connectivity index (χ1) is 6.34. The predicted octanol–water partition coefficient (Wildman–Crippen LogP) is 0.226. The van der Waals surface area contributed by atoms with Crippen molar-refractivity contribution in [2.75, 3.05) is 18.9 Å². The molecule has 5 nitrogen and oxygen atoms in total. The van der Waals surface area contributed by atoms with Crippen molar-refractivity contribution in [2.45, 2.75) is 12.5 Å². The van der Waals surface area contributed by atoms with Crippen molar-refractivity contribution < 1.29 is 9.47 Å². The molecule has 0 radical (unpaired) electrons. The monoisotopic (exact) mass is 181 g/mol. The van der Waals surface area contributed by atoms with Crippen LogP contribution in [0.2, 0.25) is 0 Å². The molecular weight excluding hydrogens is 170 g/mol. The molecule has 0 saturated carbocycles. The lowest BCUT2D eigenvalue weighted by molar-refractivity contribution is 0.134. The minimum Gasteiger partial charge on any atom is -0.458 e. The van der Waals surface area contributed by atoms with Crippen LogP contribution < -0.4 is 10.5 Å². The maximum Gasteiger partial charge on any atom is 0.318 e. The lowest BCUT2D eigenvalue weighted by atomic mass is 10.3. The van der Waals surface area contributed by atoms with Crippen molar-refractivity contribution >= 4 is 5.82 Å². The van der Waals surface area contributed by atoms with E-state index in [2.05, 4.69) is 9.97 Å². The van der Waals surface area contributed by atoms with Gasteiger partial charge in [0, 0.05) is 12.6 Å². The molecule has 1 saturated heterocycles. The summed E-state index contributed by atoms with van der Waals surface area (Å²) in [5.41, 5.74) is 5.47. The minimum atomic E-state index is 0.0711. The van der Waals surface area contributed by atoms with Crippen LogP contribution in [-0.2, 0) is 4.74 Å². The Morgan fingerprint density at radius 2 is 2.54 bits per heavy atom. The summed E-state index contributed by atoms with van der Waals surface area (Å²) in [5, 5.41) is 0. The van der Waals surface area contributed by atoms with Crippen LogP contribution in [0.25, 0.3) is 0 Å². The zero-order chi connectivity index (χ0) is 9.10. The maximum absolute atomic E-state index is 5.47. The van der Waals surface area contributed by atoms with Gasteiger partial charge in [0.15, 0.2) is 0 Å². The highest BCUT2D eigenvalue weighted by molar-refractivity contribution is 5.26. The van der Waals surface area contributed by atoms with E-state index in [0.29, 0.717) is 18.4 Å². The highest BCUT2D eigenvalue weighted by atomic mass is 16.6. The van der Waals surface area contributed by atoms with Crippen LogP contribution in [-0.4, -0.2) is 29.3 Å². The molecular formula is C8H11N3O2. The molecule has 5 heteroatoms. The lowest BCUT2D eigenvalue weighted by Gasteiger charge is -2.08. The molecule has 0 aliphatic carbocycles. The summed E-state index contributed by atoms with van der Waals surface area (Å²) >= 11 is 0. The number of hydrogen-bond donors (Lipinski definition) is 1. The quantitative estimate of drug-likeness (QED) is 0.707. The van der Waals surface area contributed by atoms with E-state index in [9.17, 15) is 0 Å². The first-order valence-electron chi connectivity index (χ1n) is 4.17. The fraction of sp³-hybridized carbons (Fsp3) is 0.500. The highest BCUT2D eigenvalue weighted by Crippen LogP contribution is 2.12. The van der Waals surface area contributed by atoms with E-state index in [1.165, 1.54) is 0 Å². The van der Waals surface area contributed by atoms with Crippen LogP contribution in [0.5, 0.6) is 6.01 Å². The molecule has 1 aliphatic rings. The SMILES string of the molecule is Nc1ccnc(O[C@H]2CCOC2)n1. The molecule has 1 atom stereocenters. The van der Waals surface area contributed by atoms with Gasteiger partial charge in [-0.1, -0.05) is 0 Å². The van der Waals surface area contributed by atoms with Gasteiger partial charge in [-0.05, 0) is 6.07 Å². The van der Waals surface area contributed by atoms with E-state index in [0.717, 1.165) is 13.0 Å². The molecule has 1 aromatic rings. The Bertz CT molecular complexity index is 286. The van der Waals surface area contributed by atoms with Gasteiger partial charge in [-0.15, -0.1) is 0 Å². The summed E-state index contributed by atoms with van der Waals surface area (Å²) in [6, 6.07) is 1.95. The molecule has 0 amide bonds. The van der Waals surface area contributed by atoms with E-state index in [4.69, 9.17) is 15.2 Å². The Morgan fingerprint density at radius 3 is 3.23 bits per heavy atom. The van der Waals surface area contributed by atoms with Crippen molar-refractivity contribution in [1.29, 1.82) is 0 Å². The van der Waals surface area contributed by atoms with Gasteiger partial charge in [0.05, 0.1) is 13.2 Å². The summed E-state index contributed by atoms with van der Waals surface area (Å²) in [4.78, 5) is 7.86. The van der Waals surface area contributed by atoms with Crippen LogP contribution in [0.15, 0.2) is 12.3 Å². The number of hydrogen-bond acceptors (Lipinski definition) is 5. The van der Waals surface area contributed by atoms with Gasteiger partial charge in [0.2, 0.25) is 0 Å². The van der Waals surface area contributed by atoms with Crippen molar-refractivity contribution in [1.82, 2.24) is 9.97 Å². The van der Waals surface area contributed by atoms with Gasteiger partial charge in [0.1, 0.15) is 11.9 Å². The topological polar surface area (TPSA) is 70.3 Å². The number of anilines is 1. The molecule has 2 N–H and O–H groups in total. The summed E-state index contributed by atoms with van der Waals surface area (Å²) in [6.07, 6.45) is 2.54. The van der Waals surface area contributed by atoms with Crippen molar-refractivity contribution in [3.63, 3.8) is 0 Å². The molecule has 70 valence electrons. The van der Waals surface area contributed by atoms with E-state index >= 15 is 0 Å². The van der Waals surface area contributed by atoms with E-state index in [-0.39, 0.29) is 6.10 Å². The standard InChI is InChI=1S/C8H11N3O2/c9-7-1-3-10-8(11-7)13-6-2-4-12-5-6/h1,3,6H,2,4-5H2,(H2,9,10,11)/t6-/m0/s1. The second-order valence-corrected chi connectivity index (χ2v) is 2.87. The number of nitrogens with zero attached hydrogens (tertiary/aromatic N) is 2. The fourth-order valence-corrected chi connectivity index (χ4v) is 1.17. The number of nitrogens with two attached hydrogens (primary N) is 1. The molecule has 13 heavy (non-hydrogen) atoms. The number of ether oxygens (including phenoxy) is 2. The Labute approximate surface area is 75.9 Å². The molecule has 2 rings (SSSR count). The molecule has 0 spiro atoms. The molecule has 1 aliphatic heterocycles. The Balaban J connectivity index is 2.00. The Kier molecular flexibility index (Phi) is 2.27. The van der Waals surface area contributed by atoms with Gasteiger partial charge >= 0.3 is 6.01 Å². The Hall–Kier alpha value is -1.36. The third kappa shape index (κ3) is 2.06. The molecule has 0 aromatic carbocycles. The van der Waals surface area contributed by atoms with Crippen LogP contribution in [0.3, 0.4) is 0 Å². The zero-order valence-electron chi connectivity index (χ0n) is 7.14. The summed E-state index contributed by atoms with van der Waals surface area (Å²) in [6.45, 7) is 1.35. The maximum atomic E-state index is 5.47. The molecule has 0 unspecified atom stereocenters. The molecule has 2 heterocycles. The first kappa shape index (κ1) is 8.25. The van der Waals surface area contributed by atoms with E-state index < -0.39 is 0 Å². The Morgan fingerprint density at radius 1 is 1.62 bits per heavy atom. The normalized spacial score (nSPS) is 21.7. The highest BCUT2D eigenvalue weighted by Gasteiger charge is 2.18.